The van der Waals surface area contributed by atoms with Gasteiger partial charge in [0.05, 0.1) is 6.42 Å². The Balaban J connectivity index is 3.09. The molecule has 1 rings (SSSR count). The molecule has 6 heteroatoms. The van der Waals surface area contributed by atoms with E-state index in [4.69, 9.17) is 34.0 Å². The van der Waals surface area contributed by atoms with Crippen molar-refractivity contribution in [3.63, 3.8) is 0 Å². The summed E-state index contributed by atoms with van der Waals surface area (Å²) in [5, 5.41) is 9.01. The van der Waals surface area contributed by atoms with E-state index in [0.29, 0.717) is 31.4 Å². The fraction of sp³-hybridized carbons (Fsp3) is 0.533. The number of hydrogen-bond donors (Lipinski definition) is 2. The van der Waals surface area contributed by atoms with Crippen LogP contribution >= 0.6 is 23.2 Å². The van der Waals surface area contributed by atoms with E-state index < -0.39 is 5.97 Å². The minimum atomic E-state index is -0.839. The maximum Gasteiger partial charge on any atom is 0.304 e. The van der Waals surface area contributed by atoms with Crippen molar-refractivity contribution in [1.82, 2.24) is 0 Å². The average Bonchev–Trinajstić information content (AvgIpc) is 2.45. The Morgan fingerprint density at radius 3 is 2.43 bits per heavy atom. The maximum atomic E-state index is 11.0. The number of hydrogen-bond acceptors (Lipinski definition) is 3. The van der Waals surface area contributed by atoms with Crippen LogP contribution in [0.25, 0.3) is 0 Å². The molecule has 0 radical (unpaired) electrons. The first kappa shape index (κ1) is 18.1. The molecule has 1 atom stereocenters. The molecule has 4 nitrogen and oxygen atoms in total. The molecular formula is C15H22Cl2N2O2. The normalized spacial score (nSPS) is 12.2. The summed E-state index contributed by atoms with van der Waals surface area (Å²) in [6.07, 6.45) is 0.0335. The number of alkyl halides is 2. The van der Waals surface area contributed by atoms with Crippen LogP contribution in [0, 0.1) is 6.92 Å². The smallest absolute Gasteiger partial charge is 0.304 e. The fourth-order valence-corrected chi connectivity index (χ4v) is 2.78. The van der Waals surface area contributed by atoms with Crippen LogP contribution in [0.4, 0.5) is 5.69 Å². The fourth-order valence-electron chi connectivity index (χ4n) is 2.37. The molecule has 118 valence electrons. The van der Waals surface area contributed by atoms with E-state index in [1.807, 2.05) is 25.1 Å². The van der Waals surface area contributed by atoms with Gasteiger partial charge in [0, 0.05) is 36.5 Å². The number of carboxylic acid groups (broad SMARTS) is 1. The van der Waals surface area contributed by atoms with E-state index in [1.54, 1.807) is 0 Å². The van der Waals surface area contributed by atoms with Gasteiger partial charge in [-0.1, -0.05) is 6.07 Å². The van der Waals surface area contributed by atoms with E-state index in [1.165, 1.54) is 0 Å². The van der Waals surface area contributed by atoms with Gasteiger partial charge in [-0.25, -0.2) is 0 Å². The summed E-state index contributed by atoms with van der Waals surface area (Å²) in [4.78, 5) is 13.1. The van der Waals surface area contributed by atoms with Crippen LogP contribution < -0.4 is 10.6 Å². The van der Waals surface area contributed by atoms with Crippen LogP contribution in [-0.4, -0.2) is 42.5 Å². The maximum absolute atomic E-state index is 11.0. The number of aryl methyl sites for hydroxylation is 1. The van der Waals surface area contributed by atoms with Gasteiger partial charge in [0.2, 0.25) is 0 Å². The number of aliphatic carboxylic acids is 1. The van der Waals surface area contributed by atoms with Gasteiger partial charge in [0.25, 0.3) is 0 Å². The highest BCUT2D eigenvalue weighted by molar-refractivity contribution is 6.18. The molecule has 0 aliphatic rings. The van der Waals surface area contributed by atoms with Crippen LogP contribution in [0.2, 0.25) is 0 Å². The Bertz CT molecular complexity index is 463. The van der Waals surface area contributed by atoms with Gasteiger partial charge in [0.15, 0.2) is 0 Å². The molecule has 1 aromatic carbocycles. The Morgan fingerprint density at radius 2 is 1.95 bits per heavy atom. The third kappa shape index (κ3) is 5.38. The topological polar surface area (TPSA) is 66.6 Å². The van der Waals surface area contributed by atoms with Crippen LogP contribution in [-0.2, 0) is 4.79 Å². The second-order valence-corrected chi connectivity index (χ2v) is 5.69. The number of benzene rings is 1. The molecule has 0 spiro atoms. The third-order valence-corrected chi connectivity index (χ3v) is 3.82. The standard InChI is InChI=1S/C15H22Cl2N2O2/c1-11-2-3-13(19(6-4-16)7-5-17)9-14(11)12(10-18)8-15(20)21/h2-3,9,12H,4-8,10,18H2,1H3,(H,20,21). The van der Waals surface area contributed by atoms with Crippen molar-refractivity contribution in [2.75, 3.05) is 36.3 Å². The van der Waals surface area contributed by atoms with Gasteiger partial charge < -0.3 is 15.7 Å². The first-order chi connectivity index (χ1) is 10.0. The molecule has 0 saturated carbocycles. The molecule has 0 saturated heterocycles. The minimum absolute atomic E-state index is 0.0335. The zero-order chi connectivity index (χ0) is 15.8. The zero-order valence-corrected chi connectivity index (χ0v) is 13.7. The lowest BCUT2D eigenvalue weighted by atomic mass is 9.91. The molecular weight excluding hydrogens is 311 g/mol. The molecule has 3 N–H and O–H groups in total. The molecule has 0 amide bonds. The summed E-state index contributed by atoms with van der Waals surface area (Å²) >= 11 is 11.7. The van der Waals surface area contributed by atoms with Crippen molar-refractivity contribution in [2.24, 2.45) is 5.73 Å². The highest BCUT2D eigenvalue weighted by atomic mass is 35.5. The second-order valence-electron chi connectivity index (χ2n) is 4.94. The van der Waals surface area contributed by atoms with Crippen LogP contribution in [0.15, 0.2) is 18.2 Å². The van der Waals surface area contributed by atoms with Gasteiger partial charge >= 0.3 is 5.97 Å². The Labute approximate surface area is 135 Å². The average molecular weight is 333 g/mol. The Kier molecular flexibility index (Phi) is 7.86. The van der Waals surface area contributed by atoms with E-state index in [-0.39, 0.29) is 12.3 Å². The molecule has 1 unspecified atom stereocenters. The highest BCUT2D eigenvalue weighted by Crippen LogP contribution is 2.27. The summed E-state index contributed by atoms with van der Waals surface area (Å²) in [5.41, 5.74) is 8.77. The Morgan fingerprint density at radius 1 is 1.33 bits per heavy atom. The van der Waals surface area contributed by atoms with E-state index in [0.717, 1.165) is 16.8 Å². The lowest BCUT2D eigenvalue weighted by Gasteiger charge is -2.25. The Hall–Kier alpha value is -0.970. The summed E-state index contributed by atoms with van der Waals surface area (Å²) < 4.78 is 0. The van der Waals surface area contributed by atoms with Crippen LogP contribution in [0.1, 0.15) is 23.5 Å². The predicted molar refractivity (Wildman–Crippen MR) is 88.9 cm³/mol. The molecule has 0 aliphatic heterocycles. The summed E-state index contributed by atoms with van der Waals surface area (Å²) in [6, 6.07) is 6.01. The highest BCUT2D eigenvalue weighted by Gasteiger charge is 2.17. The second kappa shape index (κ2) is 9.13. The lowest BCUT2D eigenvalue weighted by Crippen LogP contribution is -2.28. The number of nitrogens with zero attached hydrogens (tertiary/aromatic N) is 1. The van der Waals surface area contributed by atoms with Crippen LogP contribution in [0.3, 0.4) is 0 Å². The molecule has 0 heterocycles. The van der Waals surface area contributed by atoms with Crippen molar-refractivity contribution in [2.45, 2.75) is 19.3 Å². The lowest BCUT2D eigenvalue weighted by molar-refractivity contribution is -0.137. The molecule has 0 aliphatic carbocycles. The van der Waals surface area contributed by atoms with E-state index in [2.05, 4.69) is 4.90 Å². The van der Waals surface area contributed by atoms with Crippen molar-refractivity contribution in [1.29, 1.82) is 0 Å². The van der Waals surface area contributed by atoms with Gasteiger partial charge in [-0.2, -0.15) is 0 Å². The summed E-state index contributed by atoms with van der Waals surface area (Å²) in [5.74, 6) is -0.00428. The number of nitrogens with two attached hydrogens (primary N) is 1. The quantitative estimate of drug-likeness (QED) is 0.682. The third-order valence-electron chi connectivity index (χ3n) is 3.48. The number of anilines is 1. The first-order valence-electron chi connectivity index (χ1n) is 6.92. The van der Waals surface area contributed by atoms with Gasteiger partial charge in [-0.15, -0.1) is 23.2 Å². The number of carbonyl (C=O) groups is 1. The molecule has 0 fully saturated rings. The van der Waals surface area contributed by atoms with Crippen molar-refractivity contribution < 1.29 is 9.90 Å². The van der Waals surface area contributed by atoms with Crippen LogP contribution in [0.5, 0.6) is 0 Å². The number of halogens is 2. The molecule has 0 bridgehead atoms. The SMILES string of the molecule is Cc1ccc(N(CCCl)CCCl)cc1C(CN)CC(=O)O. The van der Waals surface area contributed by atoms with E-state index in [9.17, 15) is 4.79 Å². The van der Waals surface area contributed by atoms with Gasteiger partial charge in [-0.3, -0.25) is 4.79 Å². The first-order valence-corrected chi connectivity index (χ1v) is 7.99. The summed E-state index contributed by atoms with van der Waals surface area (Å²) in [6.45, 7) is 3.67. The van der Waals surface area contributed by atoms with Gasteiger partial charge in [-0.05, 0) is 36.7 Å². The van der Waals surface area contributed by atoms with Gasteiger partial charge in [0.1, 0.15) is 0 Å². The monoisotopic (exact) mass is 332 g/mol. The zero-order valence-electron chi connectivity index (χ0n) is 12.2. The number of rotatable bonds is 9. The van der Waals surface area contributed by atoms with E-state index >= 15 is 0 Å². The van der Waals surface area contributed by atoms with Crippen molar-refractivity contribution in [3.05, 3.63) is 29.3 Å². The minimum Gasteiger partial charge on any atom is -0.481 e. The van der Waals surface area contributed by atoms with Crippen molar-refractivity contribution >= 4 is 34.9 Å². The number of carboxylic acids is 1. The predicted octanol–water partition coefficient (Wildman–Crippen LogP) is 2.80. The molecule has 1 aromatic rings. The molecule has 21 heavy (non-hydrogen) atoms. The summed E-state index contributed by atoms with van der Waals surface area (Å²) in [7, 11) is 0. The molecule has 0 aromatic heterocycles. The van der Waals surface area contributed by atoms with Crippen molar-refractivity contribution in [3.8, 4) is 0 Å². The largest absolute Gasteiger partial charge is 0.481 e.